The molecular weight excluding hydrogens is 474 g/mol. The molecule has 1 atom stereocenters. The maximum absolute atomic E-state index is 13.3. The Balaban J connectivity index is 1.61. The van der Waals surface area contributed by atoms with Crippen LogP contribution in [0, 0.1) is 11.7 Å². The van der Waals surface area contributed by atoms with Crippen LogP contribution in [0.2, 0.25) is 15.1 Å². The molecule has 1 fully saturated rings. The predicted molar refractivity (Wildman–Crippen MR) is 116 cm³/mol. The van der Waals surface area contributed by atoms with Crippen molar-refractivity contribution in [1.29, 1.82) is 0 Å². The van der Waals surface area contributed by atoms with Gasteiger partial charge in [-0.3, -0.25) is 4.79 Å². The van der Waals surface area contributed by atoms with Crippen molar-refractivity contribution in [2.75, 3.05) is 13.1 Å². The van der Waals surface area contributed by atoms with Crippen LogP contribution in [0.25, 0.3) is 0 Å². The van der Waals surface area contributed by atoms with E-state index in [9.17, 15) is 17.6 Å². The molecule has 10 heteroatoms. The molecule has 2 aromatic rings. The van der Waals surface area contributed by atoms with Crippen LogP contribution in [0.5, 0.6) is 0 Å². The zero-order valence-electron chi connectivity index (χ0n) is 16.0. The molecule has 1 unspecified atom stereocenters. The minimum Gasteiger partial charge on any atom is -0.349 e. The number of amides is 1. The van der Waals surface area contributed by atoms with Gasteiger partial charge in [0.1, 0.15) is 5.82 Å². The summed E-state index contributed by atoms with van der Waals surface area (Å²) in [5.41, 5.74) is 0.825. The average molecular weight is 494 g/mol. The summed E-state index contributed by atoms with van der Waals surface area (Å²) in [4.78, 5) is 12.6. The zero-order valence-corrected chi connectivity index (χ0v) is 19.1. The molecule has 1 N–H and O–H groups in total. The van der Waals surface area contributed by atoms with Crippen LogP contribution in [-0.4, -0.2) is 31.7 Å². The van der Waals surface area contributed by atoms with Gasteiger partial charge in [-0.05, 0) is 55.7 Å². The number of hydrogen-bond acceptors (Lipinski definition) is 3. The molecule has 0 spiro atoms. The number of carbonyl (C=O) groups is 1. The van der Waals surface area contributed by atoms with Crippen LogP contribution in [0.4, 0.5) is 4.39 Å². The summed E-state index contributed by atoms with van der Waals surface area (Å²) in [6, 6.07) is 8.22. The van der Waals surface area contributed by atoms with Gasteiger partial charge in [-0.25, -0.2) is 12.8 Å². The molecule has 3 rings (SSSR count). The standard InChI is InChI=1S/C20H20Cl3FN2O3S/c1-12(14-2-4-16(21)17(22)10-14)25-20(27)13-6-8-26(9-7-13)30(28,29)15-3-5-19(24)18(23)11-15/h2-5,10-13H,6-9H2,1H3,(H,25,27). The summed E-state index contributed by atoms with van der Waals surface area (Å²) in [7, 11) is -3.80. The predicted octanol–water partition coefficient (Wildman–Crippen LogP) is 5.06. The summed E-state index contributed by atoms with van der Waals surface area (Å²) in [6.45, 7) is 2.22. The lowest BCUT2D eigenvalue weighted by Crippen LogP contribution is -2.43. The Bertz CT molecular complexity index is 1060. The highest BCUT2D eigenvalue weighted by Crippen LogP contribution is 2.28. The highest BCUT2D eigenvalue weighted by atomic mass is 35.5. The number of carbonyl (C=O) groups excluding carboxylic acids is 1. The van der Waals surface area contributed by atoms with Crippen LogP contribution in [0.3, 0.4) is 0 Å². The molecule has 1 aliphatic rings. The highest BCUT2D eigenvalue weighted by molar-refractivity contribution is 7.89. The Morgan fingerprint density at radius 1 is 1.07 bits per heavy atom. The number of hydrogen-bond donors (Lipinski definition) is 1. The fourth-order valence-electron chi connectivity index (χ4n) is 3.34. The Kier molecular flexibility index (Phi) is 7.30. The molecule has 1 amide bonds. The highest BCUT2D eigenvalue weighted by Gasteiger charge is 2.32. The van der Waals surface area contributed by atoms with Gasteiger partial charge in [0.2, 0.25) is 15.9 Å². The van der Waals surface area contributed by atoms with E-state index in [0.29, 0.717) is 22.9 Å². The summed E-state index contributed by atoms with van der Waals surface area (Å²) in [6.07, 6.45) is 0.766. The summed E-state index contributed by atoms with van der Waals surface area (Å²) in [5.74, 6) is -1.13. The second-order valence-electron chi connectivity index (χ2n) is 7.16. The van der Waals surface area contributed by atoms with Crippen LogP contribution < -0.4 is 5.32 Å². The average Bonchev–Trinajstić information content (AvgIpc) is 2.72. The molecule has 162 valence electrons. The van der Waals surface area contributed by atoms with Crippen molar-refractivity contribution >= 4 is 50.7 Å². The third-order valence-corrected chi connectivity index (χ3v) is 8.08. The van der Waals surface area contributed by atoms with Gasteiger partial charge in [0.15, 0.2) is 0 Å². The van der Waals surface area contributed by atoms with Crippen LogP contribution in [0.1, 0.15) is 31.4 Å². The van der Waals surface area contributed by atoms with E-state index in [4.69, 9.17) is 34.8 Å². The van der Waals surface area contributed by atoms with E-state index in [0.717, 1.165) is 17.7 Å². The maximum Gasteiger partial charge on any atom is 0.243 e. The largest absolute Gasteiger partial charge is 0.349 e. The third kappa shape index (κ3) is 5.08. The number of halogens is 4. The van der Waals surface area contributed by atoms with E-state index in [1.807, 2.05) is 6.92 Å². The summed E-state index contributed by atoms with van der Waals surface area (Å²) in [5, 5.41) is 3.55. The molecule has 5 nitrogen and oxygen atoms in total. The van der Waals surface area contributed by atoms with Gasteiger partial charge in [0.05, 0.1) is 26.0 Å². The second-order valence-corrected chi connectivity index (χ2v) is 10.3. The van der Waals surface area contributed by atoms with Crippen LogP contribution in [-0.2, 0) is 14.8 Å². The number of sulfonamides is 1. The minimum atomic E-state index is -3.80. The molecule has 0 aliphatic carbocycles. The van der Waals surface area contributed by atoms with Gasteiger partial charge >= 0.3 is 0 Å². The van der Waals surface area contributed by atoms with E-state index >= 15 is 0 Å². The Labute approximate surface area is 190 Å². The van der Waals surface area contributed by atoms with Gasteiger partial charge in [0, 0.05) is 19.0 Å². The molecule has 0 radical (unpaired) electrons. The van der Waals surface area contributed by atoms with Crippen molar-refractivity contribution in [2.24, 2.45) is 5.92 Å². The van der Waals surface area contributed by atoms with Gasteiger partial charge in [-0.15, -0.1) is 0 Å². The fraction of sp³-hybridized carbons (Fsp3) is 0.350. The fourth-order valence-corrected chi connectivity index (χ4v) is 5.39. The molecule has 30 heavy (non-hydrogen) atoms. The quantitative estimate of drug-likeness (QED) is 0.633. The Morgan fingerprint density at radius 2 is 1.73 bits per heavy atom. The molecular formula is C20H20Cl3FN2O3S. The first-order valence-corrected chi connectivity index (χ1v) is 11.9. The number of nitrogens with one attached hydrogen (secondary N) is 1. The Morgan fingerprint density at radius 3 is 2.33 bits per heavy atom. The van der Waals surface area contributed by atoms with Gasteiger partial charge < -0.3 is 5.32 Å². The lowest BCUT2D eigenvalue weighted by molar-refractivity contribution is -0.126. The van der Waals surface area contributed by atoms with Gasteiger partial charge in [0.25, 0.3) is 0 Å². The monoisotopic (exact) mass is 492 g/mol. The summed E-state index contributed by atoms with van der Waals surface area (Å²) >= 11 is 17.7. The second kappa shape index (κ2) is 9.40. The van der Waals surface area contributed by atoms with Crippen LogP contribution >= 0.6 is 34.8 Å². The van der Waals surface area contributed by atoms with E-state index in [1.165, 1.54) is 10.4 Å². The molecule has 2 aromatic carbocycles. The van der Waals surface area contributed by atoms with E-state index in [1.54, 1.807) is 18.2 Å². The van der Waals surface area contributed by atoms with Gasteiger partial charge in [-0.2, -0.15) is 4.31 Å². The number of benzene rings is 2. The van der Waals surface area contributed by atoms with Crippen molar-refractivity contribution in [3.63, 3.8) is 0 Å². The third-order valence-electron chi connectivity index (χ3n) is 5.16. The van der Waals surface area contributed by atoms with Crippen molar-refractivity contribution in [1.82, 2.24) is 9.62 Å². The van der Waals surface area contributed by atoms with E-state index in [-0.39, 0.29) is 40.9 Å². The first kappa shape index (κ1) is 23.3. The molecule has 1 aliphatic heterocycles. The minimum absolute atomic E-state index is 0.0648. The van der Waals surface area contributed by atoms with Crippen LogP contribution in [0.15, 0.2) is 41.3 Å². The lowest BCUT2D eigenvalue weighted by atomic mass is 9.96. The molecule has 0 bridgehead atoms. The van der Waals surface area contributed by atoms with E-state index < -0.39 is 15.8 Å². The van der Waals surface area contributed by atoms with Crippen molar-refractivity contribution < 1.29 is 17.6 Å². The number of piperidine rings is 1. The van der Waals surface area contributed by atoms with Crippen molar-refractivity contribution in [3.8, 4) is 0 Å². The lowest BCUT2D eigenvalue weighted by Gasteiger charge is -2.31. The number of rotatable bonds is 5. The van der Waals surface area contributed by atoms with Crippen molar-refractivity contribution in [3.05, 3.63) is 62.8 Å². The Hall–Kier alpha value is -1.38. The molecule has 1 heterocycles. The van der Waals surface area contributed by atoms with Gasteiger partial charge in [-0.1, -0.05) is 40.9 Å². The molecule has 1 saturated heterocycles. The normalized spacial score (nSPS) is 17.0. The van der Waals surface area contributed by atoms with Crippen molar-refractivity contribution in [2.45, 2.75) is 30.7 Å². The smallest absolute Gasteiger partial charge is 0.243 e. The first-order chi connectivity index (χ1) is 14.1. The topological polar surface area (TPSA) is 66.5 Å². The number of nitrogens with zero attached hydrogens (tertiary/aromatic N) is 1. The summed E-state index contributed by atoms with van der Waals surface area (Å²) < 4.78 is 40.2. The first-order valence-electron chi connectivity index (χ1n) is 9.30. The zero-order chi connectivity index (χ0) is 22.1. The maximum atomic E-state index is 13.3. The molecule has 0 saturated carbocycles. The molecule has 0 aromatic heterocycles. The van der Waals surface area contributed by atoms with E-state index in [2.05, 4.69) is 5.32 Å². The SMILES string of the molecule is CC(NC(=O)C1CCN(S(=O)(=O)c2ccc(F)c(Cl)c2)CC1)c1ccc(Cl)c(Cl)c1.